The molecule has 2 amide bonds. The number of hydrogen-bond donors (Lipinski definition) is 2. The molecule has 2 aromatic rings. The number of alkyl carbamates (subject to hydrolysis) is 1. The van der Waals surface area contributed by atoms with Crippen molar-refractivity contribution in [2.24, 2.45) is 11.3 Å². The summed E-state index contributed by atoms with van der Waals surface area (Å²) in [7, 11) is -2.52. The van der Waals surface area contributed by atoms with Crippen LogP contribution in [0.4, 0.5) is 10.6 Å². The van der Waals surface area contributed by atoms with E-state index >= 15 is 0 Å². The van der Waals surface area contributed by atoms with Crippen LogP contribution in [0.2, 0.25) is 19.6 Å². The van der Waals surface area contributed by atoms with Gasteiger partial charge in [-0.3, -0.25) is 9.59 Å². The number of hydrogen-bond acceptors (Lipinski definition) is 12. The predicted octanol–water partition coefficient (Wildman–Crippen LogP) is 5.39. The van der Waals surface area contributed by atoms with Gasteiger partial charge in [-0.1, -0.05) is 40.0 Å². The smallest absolute Gasteiger partial charge is 0.408 e. The van der Waals surface area contributed by atoms with Crippen LogP contribution in [0, 0.1) is 22.7 Å². The van der Waals surface area contributed by atoms with Gasteiger partial charge < -0.3 is 34.0 Å². The fraction of sp³-hybridized carbons (Fsp3) is 0.694. The Kier molecular flexibility index (Phi) is 12.4. The Labute approximate surface area is 306 Å². The monoisotopic (exact) mass is 742 g/mol. The van der Waals surface area contributed by atoms with Gasteiger partial charge in [0.25, 0.3) is 0 Å². The van der Waals surface area contributed by atoms with Crippen molar-refractivity contribution >= 4 is 43.6 Å². The number of esters is 2. The average molecular weight is 743 g/mol. The largest absolute Gasteiger partial charge is 0.461 e. The summed E-state index contributed by atoms with van der Waals surface area (Å²) in [5, 5.41) is 20.7. The van der Waals surface area contributed by atoms with Gasteiger partial charge in [-0.25, -0.2) is 19.1 Å². The number of rotatable bonds is 11. The Balaban J connectivity index is 1.74. The van der Waals surface area contributed by atoms with E-state index in [-0.39, 0.29) is 29.8 Å². The Morgan fingerprint density at radius 1 is 1.10 bits per heavy atom. The van der Waals surface area contributed by atoms with Gasteiger partial charge in [0.15, 0.2) is 20.2 Å². The van der Waals surface area contributed by atoms with Crippen LogP contribution in [0.5, 0.6) is 0 Å². The molecule has 1 unspecified atom stereocenters. The summed E-state index contributed by atoms with van der Waals surface area (Å²) in [5.41, 5.74) is -2.87. The molecule has 1 saturated carbocycles. The highest BCUT2D eigenvalue weighted by atomic mass is 28.4. The minimum Gasteiger partial charge on any atom is -0.461 e. The van der Waals surface area contributed by atoms with E-state index in [9.17, 15) is 24.4 Å². The summed E-state index contributed by atoms with van der Waals surface area (Å²) in [6.45, 7) is 17.2. The van der Waals surface area contributed by atoms with Gasteiger partial charge in [0.05, 0.1) is 5.69 Å². The van der Waals surface area contributed by atoms with E-state index < -0.39 is 73.9 Å². The van der Waals surface area contributed by atoms with Crippen LogP contribution in [0.1, 0.15) is 92.7 Å². The first-order valence-corrected chi connectivity index (χ1v) is 21.3. The highest BCUT2D eigenvalue weighted by Crippen LogP contribution is 2.45. The molecule has 3 heterocycles. The molecule has 286 valence electrons. The maximum Gasteiger partial charge on any atom is 0.408 e. The topological polar surface area (TPSA) is 192 Å². The van der Waals surface area contributed by atoms with Crippen LogP contribution in [0.25, 0.3) is 5.52 Å². The number of carbonyl (C=O) groups excluding carboxylic acids is 4. The number of amides is 2. The predicted molar refractivity (Wildman–Crippen MR) is 192 cm³/mol. The zero-order valence-corrected chi connectivity index (χ0v) is 33.0. The fourth-order valence-electron chi connectivity index (χ4n) is 6.56. The molecule has 0 radical (unpaired) electrons. The molecule has 2 N–H and O–H groups in total. The van der Waals surface area contributed by atoms with E-state index in [2.05, 4.69) is 26.8 Å². The lowest BCUT2D eigenvalue weighted by Crippen LogP contribution is -2.52. The maximum absolute atomic E-state index is 13.7. The molecule has 1 saturated heterocycles. The van der Waals surface area contributed by atoms with E-state index in [0.717, 1.165) is 32.1 Å². The second kappa shape index (κ2) is 15.9. The molecule has 2 fully saturated rings. The number of nitrogens with one attached hydrogen (secondary N) is 2. The van der Waals surface area contributed by atoms with Gasteiger partial charge in [0, 0.05) is 13.3 Å². The van der Waals surface area contributed by atoms with Crippen molar-refractivity contribution in [3.05, 3.63) is 24.2 Å². The molecule has 1 aliphatic heterocycles. The summed E-state index contributed by atoms with van der Waals surface area (Å²) in [4.78, 5) is 56.2. The Morgan fingerprint density at radius 3 is 2.35 bits per heavy atom. The molecule has 4 rings (SSSR count). The van der Waals surface area contributed by atoms with E-state index in [0.29, 0.717) is 5.52 Å². The Bertz CT molecular complexity index is 1660. The zero-order valence-electron chi connectivity index (χ0n) is 32.0. The van der Waals surface area contributed by atoms with E-state index in [1.165, 1.54) is 17.8 Å². The number of nitriles is 1. The van der Waals surface area contributed by atoms with Crippen molar-refractivity contribution in [1.29, 1.82) is 5.26 Å². The second-order valence-corrected chi connectivity index (χ2v) is 21.2. The standard InChI is InChI=1S/C36H54N6O9Si/c1-22(43)40-31-24-16-17-26(42(24)39-21-38-31)36(20-37)30(51-52(8,9)10)28(48-27(44)18-23-14-12-11-13-15-23)25(49-36)19-47-32(45)29(34(2,3)4)41-33(46)50-35(5,6)7/h16-17,21,23,25,28-30H,11-15,18-19H2,1-10H3,(H,41,46)(H,38,39,40,43)/t25-,28-,29-,30?,36+/m1/s1. The van der Waals surface area contributed by atoms with Crippen LogP contribution < -0.4 is 10.6 Å². The Morgan fingerprint density at radius 2 is 1.77 bits per heavy atom. The first-order chi connectivity index (χ1) is 24.1. The minimum atomic E-state index is -2.52. The lowest BCUT2D eigenvalue weighted by molar-refractivity contribution is -0.163. The van der Waals surface area contributed by atoms with Crippen molar-refractivity contribution in [3.63, 3.8) is 0 Å². The molecule has 5 atom stereocenters. The van der Waals surface area contributed by atoms with E-state index in [1.54, 1.807) is 53.7 Å². The number of nitrogens with zero attached hydrogens (tertiary/aromatic N) is 4. The van der Waals surface area contributed by atoms with E-state index in [4.69, 9.17) is 23.4 Å². The highest BCUT2D eigenvalue weighted by molar-refractivity contribution is 6.69. The third kappa shape index (κ3) is 10.1. The number of ether oxygens (including phenoxy) is 4. The third-order valence-corrected chi connectivity index (χ3v) is 9.74. The van der Waals surface area contributed by atoms with Gasteiger partial charge in [0.1, 0.15) is 48.4 Å². The summed E-state index contributed by atoms with van der Waals surface area (Å²) < 4.78 is 32.2. The van der Waals surface area contributed by atoms with Crippen molar-refractivity contribution in [3.8, 4) is 6.07 Å². The molecular formula is C36H54N6O9Si. The number of fused-ring (bicyclic) bond motifs is 1. The van der Waals surface area contributed by atoms with Gasteiger partial charge in [-0.2, -0.15) is 10.4 Å². The van der Waals surface area contributed by atoms with Gasteiger partial charge >= 0.3 is 18.0 Å². The van der Waals surface area contributed by atoms with Crippen LogP contribution in [-0.2, 0) is 43.4 Å². The fourth-order valence-corrected chi connectivity index (χ4v) is 7.62. The summed E-state index contributed by atoms with van der Waals surface area (Å²) in [5.74, 6) is -1.20. The quantitative estimate of drug-likeness (QED) is 0.170. The lowest BCUT2D eigenvalue weighted by atomic mass is 9.87. The van der Waals surface area contributed by atoms with Crippen molar-refractivity contribution in [1.82, 2.24) is 19.9 Å². The van der Waals surface area contributed by atoms with Crippen LogP contribution in [0.3, 0.4) is 0 Å². The Hall–Kier alpha value is -4.07. The van der Waals surface area contributed by atoms with Gasteiger partial charge in [-0.05, 0) is 76.7 Å². The molecule has 16 heteroatoms. The van der Waals surface area contributed by atoms with Crippen molar-refractivity contribution in [2.45, 2.75) is 142 Å². The van der Waals surface area contributed by atoms with Gasteiger partial charge in [0.2, 0.25) is 11.5 Å². The molecular weight excluding hydrogens is 689 g/mol. The molecule has 52 heavy (non-hydrogen) atoms. The SMILES string of the molecule is CC(=O)Nc1ncnn2c([C@]3(C#N)O[C@H](COC(=O)[C@@H](NC(=O)OC(C)(C)C)C(C)(C)C)[C@@H](OC(=O)CC4CCCCC4)C3O[Si](C)(C)C)ccc12. The maximum atomic E-state index is 13.7. The molecule has 2 aromatic heterocycles. The number of aromatic nitrogens is 3. The number of carbonyl (C=O) groups is 4. The average Bonchev–Trinajstić information content (AvgIpc) is 3.57. The molecule has 15 nitrogen and oxygen atoms in total. The lowest BCUT2D eigenvalue weighted by Gasteiger charge is -2.34. The first kappa shape index (κ1) is 40.7. The normalized spacial score (nSPS) is 23.4. The first-order valence-electron chi connectivity index (χ1n) is 17.9. The molecule has 1 aliphatic carbocycles. The van der Waals surface area contributed by atoms with E-state index in [1.807, 2.05) is 19.6 Å². The van der Waals surface area contributed by atoms with Crippen molar-refractivity contribution in [2.75, 3.05) is 11.9 Å². The summed E-state index contributed by atoms with van der Waals surface area (Å²) in [6, 6.07) is 4.44. The molecule has 0 aromatic carbocycles. The van der Waals surface area contributed by atoms with Crippen LogP contribution >= 0.6 is 0 Å². The van der Waals surface area contributed by atoms with Crippen molar-refractivity contribution < 1.29 is 42.6 Å². The second-order valence-electron chi connectivity index (χ2n) is 16.7. The molecule has 2 aliphatic rings. The van der Waals surface area contributed by atoms with Gasteiger partial charge in [-0.15, -0.1) is 0 Å². The minimum absolute atomic E-state index is 0.168. The molecule has 0 bridgehead atoms. The summed E-state index contributed by atoms with van der Waals surface area (Å²) in [6.07, 6.45) is 2.17. The molecule has 0 spiro atoms. The van der Waals surface area contributed by atoms with Crippen LogP contribution in [-0.4, -0.2) is 83.4 Å². The third-order valence-electron chi connectivity index (χ3n) is 8.78. The number of anilines is 1. The zero-order chi connectivity index (χ0) is 38.6. The van der Waals surface area contributed by atoms with Crippen LogP contribution in [0.15, 0.2) is 18.5 Å². The highest BCUT2D eigenvalue weighted by Gasteiger charge is 2.62. The summed E-state index contributed by atoms with van der Waals surface area (Å²) >= 11 is 0.